The largest absolute Gasteiger partial charge is 0.449 e. The van der Waals surface area contributed by atoms with E-state index in [1.165, 1.54) is 39.2 Å². The standard InChI is InChI=1S/C19H18ClF3N2O5S/c1-11(17(26)24-13-6-4-5-12(9-13)19(21,22)23)30-18(27)15-10-14(7-8-16(15)20)31(28,29)25(2)3/h4-11H,1-3H3,(H,24,26)/t11-/m1/s1. The van der Waals surface area contributed by atoms with Crippen molar-refractivity contribution < 1.29 is 35.9 Å². The normalized spacial score (nSPS) is 13.0. The lowest BCUT2D eigenvalue weighted by molar-refractivity contribution is -0.137. The molecule has 0 saturated heterocycles. The number of carbonyl (C=O) groups excluding carboxylic acids is 2. The third-order valence-corrected chi connectivity index (χ3v) is 6.19. The summed E-state index contributed by atoms with van der Waals surface area (Å²) < 4.78 is 68.8. The first-order valence-corrected chi connectivity index (χ1v) is 10.5. The molecule has 2 aromatic carbocycles. The quantitative estimate of drug-likeness (QED) is 0.638. The molecule has 0 saturated carbocycles. The molecule has 0 bridgehead atoms. The molecule has 31 heavy (non-hydrogen) atoms. The minimum atomic E-state index is -4.59. The predicted octanol–water partition coefficient (Wildman–Crippen LogP) is 3.79. The van der Waals surface area contributed by atoms with E-state index in [1.54, 1.807) is 0 Å². The van der Waals surface area contributed by atoms with Gasteiger partial charge in [0.25, 0.3) is 5.91 Å². The number of carbonyl (C=O) groups is 2. The second-order valence-electron chi connectivity index (χ2n) is 6.54. The van der Waals surface area contributed by atoms with E-state index in [-0.39, 0.29) is 21.2 Å². The van der Waals surface area contributed by atoms with Gasteiger partial charge in [0.2, 0.25) is 10.0 Å². The van der Waals surface area contributed by atoms with E-state index >= 15 is 0 Å². The van der Waals surface area contributed by atoms with Crippen molar-refractivity contribution in [3.63, 3.8) is 0 Å². The van der Waals surface area contributed by atoms with Gasteiger partial charge >= 0.3 is 12.1 Å². The minimum Gasteiger partial charge on any atom is -0.449 e. The van der Waals surface area contributed by atoms with Crippen molar-refractivity contribution >= 4 is 39.2 Å². The van der Waals surface area contributed by atoms with Crippen molar-refractivity contribution in [3.8, 4) is 0 Å². The average molecular weight is 479 g/mol. The third kappa shape index (κ3) is 5.96. The zero-order valence-corrected chi connectivity index (χ0v) is 18.1. The van der Waals surface area contributed by atoms with Gasteiger partial charge in [0.05, 0.1) is 21.0 Å². The van der Waals surface area contributed by atoms with Crippen molar-refractivity contribution in [2.75, 3.05) is 19.4 Å². The van der Waals surface area contributed by atoms with Gasteiger partial charge in [-0.1, -0.05) is 17.7 Å². The van der Waals surface area contributed by atoms with Crippen molar-refractivity contribution in [3.05, 3.63) is 58.6 Å². The fraction of sp³-hybridized carbons (Fsp3) is 0.263. The number of ether oxygens (including phenoxy) is 1. The van der Waals surface area contributed by atoms with Crippen LogP contribution in [0.1, 0.15) is 22.8 Å². The molecule has 1 N–H and O–H groups in total. The van der Waals surface area contributed by atoms with Crippen LogP contribution in [0.4, 0.5) is 18.9 Å². The smallest absolute Gasteiger partial charge is 0.416 e. The molecule has 0 aromatic heterocycles. The van der Waals surface area contributed by atoms with E-state index in [2.05, 4.69) is 5.32 Å². The molecule has 0 aliphatic heterocycles. The van der Waals surface area contributed by atoms with Gasteiger partial charge in [-0.15, -0.1) is 0 Å². The van der Waals surface area contributed by atoms with Crippen LogP contribution in [-0.2, 0) is 25.7 Å². The van der Waals surface area contributed by atoms with E-state index < -0.39 is 39.7 Å². The number of rotatable bonds is 6. The van der Waals surface area contributed by atoms with Crippen LogP contribution in [0.15, 0.2) is 47.4 Å². The Morgan fingerprint density at radius 1 is 1.13 bits per heavy atom. The molecule has 2 rings (SSSR count). The van der Waals surface area contributed by atoms with E-state index in [4.69, 9.17) is 16.3 Å². The van der Waals surface area contributed by atoms with Crippen molar-refractivity contribution in [2.45, 2.75) is 24.1 Å². The lowest BCUT2D eigenvalue weighted by Crippen LogP contribution is -2.30. The lowest BCUT2D eigenvalue weighted by Gasteiger charge is -2.16. The van der Waals surface area contributed by atoms with Crippen LogP contribution in [0.25, 0.3) is 0 Å². The molecule has 12 heteroatoms. The molecule has 0 aliphatic rings. The van der Waals surface area contributed by atoms with Crippen molar-refractivity contribution in [1.82, 2.24) is 4.31 Å². The summed E-state index contributed by atoms with van der Waals surface area (Å²) in [6, 6.07) is 7.35. The number of esters is 1. The van der Waals surface area contributed by atoms with Gasteiger partial charge in [-0.25, -0.2) is 17.5 Å². The SMILES string of the molecule is C[C@@H](OC(=O)c1cc(S(=O)(=O)N(C)C)ccc1Cl)C(=O)Nc1cccc(C(F)(F)F)c1. The maximum absolute atomic E-state index is 12.8. The molecule has 0 fully saturated rings. The van der Waals surface area contributed by atoms with Crippen molar-refractivity contribution in [1.29, 1.82) is 0 Å². The Balaban J connectivity index is 2.16. The number of sulfonamides is 1. The lowest BCUT2D eigenvalue weighted by atomic mass is 10.2. The molecule has 0 aliphatic carbocycles. The van der Waals surface area contributed by atoms with E-state index in [9.17, 15) is 31.2 Å². The number of anilines is 1. The molecule has 0 unspecified atom stereocenters. The average Bonchev–Trinajstić information content (AvgIpc) is 2.67. The van der Waals surface area contributed by atoms with Crippen LogP contribution >= 0.6 is 11.6 Å². The van der Waals surface area contributed by atoms with E-state index in [1.807, 2.05) is 0 Å². The molecular formula is C19H18ClF3N2O5S. The Bertz CT molecular complexity index is 1100. The zero-order valence-electron chi connectivity index (χ0n) is 16.5. The Morgan fingerprint density at radius 2 is 1.77 bits per heavy atom. The molecule has 0 spiro atoms. The molecule has 1 amide bonds. The summed E-state index contributed by atoms with van der Waals surface area (Å²) >= 11 is 5.96. The van der Waals surface area contributed by atoms with Crippen LogP contribution in [0, 0.1) is 0 Å². The number of hydrogen-bond acceptors (Lipinski definition) is 5. The highest BCUT2D eigenvalue weighted by Gasteiger charge is 2.31. The second kappa shape index (κ2) is 9.25. The second-order valence-corrected chi connectivity index (χ2v) is 9.10. The van der Waals surface area contributed by atoms with E-state index in [0.717, 1.165) is 28.6 Å². The Kier molecular flexibility index (Phi) is 7.35. The van der Waals surface area contributed by atoms with E-state index in [0.29, 0.717) is 0 Å². The molecule has 1 atom stereocenters. The summed E-state index contributed by atoms with van der Waals surface area (Å²) in [5, 5.41) is 2.12. The van der Waals surface area contributed by atoms with Crippen LogP contribution in [0.2, 0.25) is 5.02 Å². The Morgan fingerprint density at radius 3 is 2.35 bits per heavy atom. The highest BCUT2D eigenvalue weighted by atomic mass is 35.5. The highest BCUT2D eigenvalue weighted by Crippen LogP contribution is 2.30. The molecule has 0 heterocycles. The first kappa shape index (κ1) is 24.6. The fourth-order valence-corrected chi connectivity index (χ4v) is 3.45. The predicted molar refractivity (Wildman–Crippen MR) is 107 cm³/mol. The van der Waals surface area contributed by atoms with Gasteiger partial charge in [0, 0.05) is 19.8 Å². The number of halogens is 4. The summed E-state index contributed by atoms with van der Waals surface area (Å²) in [5.74, 6) is -1.96. The molecule has 168 valence electrons. The monoisotopic (exact) mass is 478 g/mol. The van der Waals surface area contributed by atoms with Crippen LogP contribution in [-0.4, -0.2) is 44.8 Å². The molecule has 2 aromatic rings. The topological polar surface area (TPSA) is 92.8 Å². The first-order valence-electron chi connectivity index (χ1n) is 8.64. The summed E-state index contributed by atoms with van der Waals surface area (Å²) in [4.78, 5) is 24.4. The van der Waals surface area contributed by atoms with Gasteiger partial charge in [0.1, 0.15) is 0 Å². The molecule has 0 radical (unpaired) electrons. The van der Waals surface area contributed by atoms with Crippen LogP contribution < -0.4 is 5.32 Å². The fourth-order valence-electron chi connectivity index (χ4n) is 2.33. The number of alkyl halides is 3. The highest BCUT2D eigenvalue weighted by molar-refractivity contribution is 7.89. The van der Waals surface area contributed by atoms with Gasteiger partial charge in [-0.2, -0.15) is 13.2 Å². The van der Waals surface area contributed by atoms with Gasteiger partial charge < -0.3 is 10.1 Å². The molecular weight excluding hydrogens is 461 g/mol. The number of amides is 1. The van der Waals surface area contributed by atoms with Gasteiger partial charge in [0.15, 0.2) is 6.10 Å². The summed E-state index contributed by atoms with van der Waals surface area (Å²) in [6.45, 7) is 1.20. The van der Waals surface area contributed by atoms with Gasteiger partial charge in [-0.3, -0.25) is 4.79 Å². The van der Waals surface area contributed by atoms with Crippen LogP contribution in [0.3, 0.4) is 0 Å². The summed E-state index contributed by atoms with van der Waals surface area (Å²) in [6.07, 6.45) is -6.00. The molecule has 7 nitrogen and oxygen atoms in total. The summed E-state index contributed by atoms with van der Waals surface area (Å²) in [5.41, 5.74) is -1.39. The maximum Gasteiger partial charge on any atom is 0.416 e. The number of benzene rings is 2. The summed E-state index contributed by atoms with van der Waals surface area (Å²) in [7, 11) is -1.24. The maximum atomic E-state index is 12.8. The minimum absolute atomic E-state index is 0.104. The Hall–Kier alpha value is -2.63. The number of hydrogen-bond donors (Lipinski definition) is 1. The Labute approximate surface area is 181 Å². The van der Waals surface area contributed by atoms with Crippen molar-refractivity contribution in [2.24, 2.45) is 0 Å². The number of nitrogens with zero attached hydrogens (tertiary/aromatic N) is 1. The third-order valence-electron chi connectivity index (χ3n) is 4.05. The zero-order chi connectivity index (χ0) is 23.6. The van der Waals surface area contributed by atoms with Crippen LogP contribution in [0.5, 0.6) is 0 Å². The number of nitrogens with one attached hydrogen (secondary N) is 1. The first-order chi connectivity index (χ1) is 14.2. The van der Waals surface area contributed by atoms with Gasteiger partial charge in [-0.05, 0) is 43.3 Å².